The lowest BCUT2D eigenvalue weighted by molar-refractivity contribution is 0.0587. The third kappa shape index (κ3) is 3.74. The molecule has 1 aromatic carbocycles. The van der Waals surface area contributed by atoms with Crippen LogP contribution in [0, 0.1) is 13.8 Å². The molecular formula is C21H23N5O2. The predicted octanol–water partition coefficient (Wildman–Crippen LogP) is 2.96. The van der Waals surface area contributed by atoms with Crippen LogP contribution in [-0.2, 0) is 0 Å². The number of hydrogen-bond donors (Lipinski definition) is 0. The Labute approximate surface area is 164 Å². The maximum absolute atomic E-state index is 13.0. The van der Waals surface area contributed by atoms with Crippen LogP contribution in [0.2, 0.25) is 0 Å². The molecule has 7 nitrogen and oxygen atoms in total. The number of amides is 1. The van der Waals surface area contributed by atoms with Crippen LogP contribution in [0.15, 0.2) is 48.8 Å². The summed E-state index contributed by atoms with van der Waals surface area (Å²) >= 11 is 0. The van der Waals surface area contributed by atoms with E-state index in [9.17, 15) is 4.79 Å². The zero-order chi connectivity index (χ0) is 19.5. The Balaban J connectivity index is 1.40. The molecule has 0 N–H and O–H groups in total. The molecule has 2 aromatic heterocycles. The van der Waals surface area contributed by atoms with Crippen molar-refractivity contribution in [1.82, 2.24) is 24.6 Å². The first-order valence-electron chi connectivity index (χ1n) is 9.47. The molecule has 1 amide bonds. The SMILES string of the molecule is Cc1nccc(OC2CCN(C(=O)c3cnn(-c4ccccc4)c3C)CC2)n1. The van der Waals surface area contributed by atoms with Crippen molar-refractivity contribution in [2.24, 2.45) is 0 Å². The van der Waals surface area contributed by atoms with Gasteiger partial charge in [-0.25, -0.2) is 9.67 Å². The van der Waals surface area contributed by atoms with Crippen molar-refractivity contribution in [3.05, 3.63) is 65.9 Å². The van der Waals surface area contributed by atoms with E-state index in [2.05, 4.69) is 15.1 Å². The van der Waals surface area contributed by atoms with Crippen LogP contribution < -0.4 is 4.74 Å². The molecule has 1 fully saturated rings. The van der Waals surface area contributed by atoms with Gasteiger partial charge < -0.3 is 9.64 Å². The van der Waals surface area contributed by atoms with Crippen molar-refractivity contribution in [3.63, 3.8) is 0 Å². The Hall–Kier alpha value is -3.22. The van der Waals surface area contributed by atoms with Gasteiger partial charge in [-0.3, -0.25) is 4.79 Å². The molecule has 0 atom stereocenters. The fraction of sp³-hybridized carbons (Fsp3) is 0.333. The summed E-state index contributed by atoms with van der Waals surface area (Å²) in [4.78, 5) is 23.2. The second-order valence-electron chi connectivity index (χ2n) is 6.94. The van der Waals surface area contributed by atoms with E-state index >= 15 is 0 Å². The van der Waals surface area contributed by atoms with E-state index in [1.807, 2.05) is 49.1 Å². The minimum atomic E-state index is 0.0241. The second-order valence-corrected chi connectivity index (χ2v) is 6.94. The number of ether oxygens (including phenoxy) is 1. The third-order valence-corrected chi connectivity index (χ3v) is 5.01. The van der Waals surface area contributed by atoms with Crippen molar-refractivity contribution < 1.29 is 9.53 Å². The molecule has 0 saturated carbocycles. The summed E-state index contributed by atoms with van der Waals surface area (Å²) in [5.74, 6) is 1.31. The van der Waals surface area contributed by atoms with Crippen molar-refractivity contribution in [2.45, 2.75) is 32.8 Å². The number of aryl methyl sites for hydroxylation is 1. The number of likely N-dealkylation sites (tertiary alicyclic amines) is 1. The van der Waals surface area contributed by atoms with Crippen molar-refractivity contribution >= 4 is 5.91 Å². The van der Waals surface area contributed by atoms with Crippen LogP contribution in [0.5, 0.6) is 5.88 Å². The molecule has 1 saturated heterocycles. The number of benzene rings is 1. The fourth-order valence-electron chi connectivity index (χ4n) is 3.47. The Kier molecular flexibility index (Phi) is 5.06. The summed E-state index contributed by atoms with van der Waals surface area (Å²) < 4.78 is 7.76. The number of para-hydroxylation sites is 1. The van der Waals surface area contributed by atoms with E-state index in [0.29, 0.717) is 30.4 Å². The van der Waals surface area contributed by atoms with E-state index in [1.165, 1.54) is 0 Å². The number of carbonyl (C=O) groups excluding carboxylic acids is 1. The maximum atomic E-state index is 13.0. The molecule has 3 aromatic rings. The van der Waals surface area contributed by atoms with Gasteiger partial charge in [0.05, 0.1) is 23.1 Å². The Morgan fingerprint density at radius 3 is 2.57 bits per heavy atom. The largest absolute Gasteiger partial charge is 0.474 e. The van der Waals surface area contributed by atoms with Gasteiger partial charge in [-0.05, 0) is 26.0 Å². The van der Waals surface area contributed by atoms with Gasteiger partial charge in [0.1, 0.15) is 11.9 Å². The van der Waals surface area contributed by atoms with Gasteiger partial charge in [-0.2, -0.15) is 10.1 Å². The van der Waals surface area contributed by atoms with E-state index in [4.69, 9.17) is 4.74 Å². The third-order valence-electron chi connectivity index (χ3n) is 5.01. The molecule has 28 heavy (non-hydrogen) atoms. The monoisotopic (exact) mass is 377 g/mol. The molecule has 0 bridgehead atoms. The molecule has 1 aliphatic rings. The van der Waals surface area contributed by atoms with Crippen LogP contribution >= 0.6 is 0 Å². The summed E-state index contributed by atoms with van der Waals surface area (Å²) in [5.41, 5.74) is 2.45. The van der Waals surface area contributed by atoms with E-state index in [-0.39, 0.29) is 12.0 Å². The average Bonchev–Trinajstić information content (AvgIpc) is 3.10. The number of hydrogen-bond acceptors (Lipinski definition) is 5. The highest BCUT2D eigenvalue weighted by atomic mass is 16.5. The number of rotatable bonds is 4. The van der Waals surface area contributed by atoms with Gasteiger partial charge in [0.2, 0.25) is 5.88 Å². The van der Waals surface area contributed by atoms with Gasteiger partial charge in [-0.15, -0.1) is 0 Å². The highest BCUT2D eigenvalue weighted by Crippen LogP contribution is 2.21. The van der Waals surface area contributed by atoms with Gasteiger partial charge in [0.15, 0.2) is 0 Å². The molecule has 0 radical (unpaired) electrons. The van der Waals surface area contributed by atoms with Crippen LogP contribution in [-0.4, -0.2) is 49.7 Å². The molecule has 3 heterocycles. The zero-order valence-corrected chi connectivity index (χ0v) is 16.1. The molecule has 1 aliphatic heterocycles. The number of piperidine rings is 1. The van der Waals surface area contributed by atoms with Crippen LogP contribution in [0.1, 0.15) is 34.7 Å². The summed E-state index contributed by atoms with van der Waals surface area (Å²) in [7, 11) is 0. The summed E-state index contributed by atoms with van der Waals surface area (Å²) in [6.07, 6.45) is 4.98. The van der Waals surface area contributed by atoms with Crippen LogP contribution in [0.25, 0.3) is 5.69 Å². The highest BCUT2D eigenvalue weighted by molar-refractivity contribution is 5.95. The first kappa shape index (κ1) is 18.2. The molecule has 144 valence electrons. The van der Waals surface area contributed by atoms with Gasteiger partial charge in [0.25, 0.3) is 5.91 Å². The van der Waals surface area contributed by atoms with Gasteiger partial charge in [-0.1, -0.05) is 18.2 Å². The first-order valence-corrected chi connectivity index (χ1v) is 9.47. The van der Waals surface area contributed by atoms with Gasteiger partial charge >= 0.3 is 0 Å². The van der Waals surface area contributed by atoms with Crippen molar-refractivity contribution in [3.8, 4) is 11.6 Å². The molecular weight excluding hydrogens is 354 g/mol. The lowest BCUT2D eigenvalue weighted by atomic mass is 10.1. The Bertz CT molecular complexity index is 962. The minimum Gasteiger partial charge on any atom is -0.474 e. The minimum absolute atomic E-state index is 0.0241. The fourth-order valence-corrected chi connectivity index (χ4v) is 3.47. The van der Waals surface area contributed by atoms with Crippen LogP contribution in [0.4, 0.5) is 0 Å². The zero-order valence-electron chi connectivity index (χ0n) is 16.1. The van der Waals surface area contributed by atoms with E-state index in [0.717, 1.165) is 24.2 Å². The Morgan fingerprint density at radius 2 is 1.86 bits per heavy atom. The summed E-state index contributed by atoms with van der Waals surface area (Å²) in [6.45, 7) is 5.08. The summed E-state index contributed by atoms with van der Waals surface area (Å²) in [6, 6.07) is 11.6. The number of carbonyl (C=O) groups is 1. The molecule has 4 rings (SSSR count). The predicted molar refractivity (Wildman–Crippen MR) is 105 cm³/mol. The normalized spacial score (nSPS) is 14.9. The number of nitrogens with zero attached hydrogens (tertiary/aromatic N) is 5. The summed E-state index contributed by atoms with van der Waals surface area (Å²) in [5, 5.41) is 4.41. The van der Waals surface area contributed by atoms with Crippen LogP contribution in [0.3, 0.4) is 0 Å². The van der Waals surface area contributed by atoms with E-state index < -0.39 is 0 Å². The molecule has 7 heteroatoms. The van der Waals surface area contributed by atoms with Gasteiger partial charge in [0, 0.05) is 38.2 Å². The maximum Gasteiger partial charge on any atom is 0.257 e. The number of aromatic nitrogens is 4. The highest BCUT2D eigenvalue weighted by Gasteiger charge is 2.27. The average molecular weight is 377 g/mol. The smallest absolute Gasteiger partial charge is 0.257 e. The lowest BCUT2D eigenvalue weighted by Gasteiger charge is -2.31. The quantitative estimate of drug-likeness (QED) is 0.699. The first-order chi connectivity index (χ1) is 13.6. The topological polar surface area (TPSA) is 73.1 Å². The van der Waals surface area contributed by atoms with Crippen molar-refractivity contribution in [1.29, 1.82) is 0 Å². The van der Waals surface area contributed by atoms with Crippen molar-refractivity contribution in [2.75, 3.05) is 13.1 Å². The lowest BCUT2D eigenvalue weighted by Crippen LogP contribution is -2.42. The second kappa shape index (κ2) is 7.80. The molecule has 0 unspecified atom stereocenters. The van der Waals surface area contributed by atoms with E-state index in [1.54, 1.807) is 23.1 Å². The standard InChI is InChI=1S/C21H23N5O2/c1-15-19(14-23-26(15)17-6-4-3-5-7-17)21(27)25-12-9-18(10-13-25)28-20-8-11-22-16(2)24-20/h3-8,11,14,18H,9-10,12-13H2,1-2H3. The molecule has 0 aliphatic carbocycles. The molecule has 0 spiro atoms. The Morgan fingerprint density at radius 1 is 1.11 bits per heavy atom.